The Labute approximate surface area is 859 Å². The molecule has 0 spiro atoms. The number of carbonyl (C=O) groups excluding carboxylic acids is 12. The number of likely N-dealkylation sites (N-methyl/N-ethyl adjacent to an activating group) is 2. The van der Waals surface area contributed by atoms with Crippen molar-refractivity contribution >= 4 is 87.3 Å². The van der Waals surface area contributed by atoms with Gasteiger partial charge in [-0.25, -0.2) is 18.7 Å². The van der Waals surface area contributed by atoms with E-state index < -0.39 is 105 Å². The van der Waals surface area contributed by atoms with Crippen LogP contribution in [-0.4, -0.2) is 367 Å². The average molecular weight is 2090 g/mol. The quantitative estimate of drug-likeness (QED) is 0.0159. The van der Waals surface area contributed by atoms with Gasteiger partial charge in [0.1, 0.15) is 18.8 Å². The Kier molecular flexibility index (Phi) is 70.0. The molecule has 842 valence electrons. The number of carboxylic acids is 5. The molecular weight excluding hydrogens is 1890 g/mol. The third kappa shape index (κ3) is 96.4. The number of aromatic nitrogens is 5. The summed E-state index contributed by atoms with van der Waals surface area (Å²) in [6.45, 7) is 61.7. The number of nitrogens with zero attached hydrogens (tertiary/aromatic N) is 8. The molecule has 3 heterocycles. The second-order valence-corrected chi connectivity index (χ2v) is 49.3. The number of nitrogens with two attached hydrogens (primary N) is 2. The van der Waals surface area contributed by atoms with Crippen molar-refractivity contribution in [2.24, 2.45) is 45.1 Å². The Hall–Kier alpha value is -9.07. The lowest BCUT2D eigenvalue weighted by molar-refractivity contribution is -0.930. The molecule has 2 aromatic heterocycles. The molecule has 2 aromatic rings. The Morgan fingerprint density at radius 3 is 1.23 bits per heavy atom. The molecule has 1 saturated heterocycles. The number of guanidine groups is 1. The molecule has 0 bridgehead atoms. The number of aliphatic carboxylic acids is 5. The predicted octanol–water partition coefficient (Wildman–Crippen LogP) is -2.00. The van der Waals surface area contributed by atoms with Gasteiger partial charge >= 0.3 is 5.96 Å². The number of aliphatic hydroxyl groups is 1. The van der Waals surface area contributed by atoms with Gasteiger partial charge in [0, 0.05) is 124 Å². The van der Waals surface area contributed by atoms with Crippen molar-refractivity contribution in [2.75, 3.05) is 195 Å². The van der Waals surface area contributed by atoms with Crippen molar-refractivity contribution in [1.82, 2.24) is 62.2 Å². The first-order chi connectivity index (χ1) is 64.7. The van der Waals surface area contributed by atoms with Crippen molar-refractivity contribution in [3.8, 4) is 0 Å². The fraction of sp³-hybridized carbons (Fsp3) is 0.816. The van der Waals surface area contributed by atoms with Gasteiger partial charge in [-0.1, -0.05) is 67.5 Å². The maximum atomic E-state index is 12.1. The van der Waals surface area contributed by atoms with Gasteiger partial charge < -0.3 is 142 Å². The van der Waals surface area contributed by atoms with Crippen LogP contribution in [-0.2, 0) is 116 Å². The summed E-state index contributed by atoms with van der Waals surface area (Å²) in [6, 6.07) is 0. The monoisotopic (exact) mass is 2080 g/mol. The maximum Gasteiger partial charge on any atom is 0.346 e. The van der Waals surface area contributed by atoms with E-state index in [0.717, 1.165) is 64.7 Å². The summed E-state index contributed by atoms with van der Waals surface area (Å²) in [5.41, 5.74) is 4.38. The molecule has 1 aliphatic rings. The highest BCUT2D eigenvalue weighted by Gasteiger charge is 2.33. The predicted molar refractivity (Wildman–Crippen MR) is 538 cm³/mol. The molecule has 1 aliphatic heterocycles. The van der Waals surface area contributed by atoms with Crippen LogP contribution < -0.4 is 73.9 Å². The lowest BCUT2D eigenvalue weighted by Crippen LogP contribution is -2.58. The first-order valence-corrected chi connectivity index (χ1v) is 50.0. The highest BCUT2D eigenvalue weighted by atomic mass is 32.2. The van der Waals surface area contributed by atoms with Crippen molar-refractivity contribution in [2.45, 2.75) is 292 Å². The zero-order valence-electron chi connectivity index (χ0n) is 94.5. The molecule has 0 aromatic carbocycles. The number of amides is 7. The second-order valence-electron chi connectivity index (χ2n) is 47.8. The number of hydrogen-bond donors (Lipinski definition) is 11. The van der Waals surface area contributed by atoms with E-state index in [-0.39, 0.29) is 107 Å². The smallest absolute Gasteiger partial charge is 0.346 e. The highest BCUT2D eigenvalue weighted by molar-refractivity contribution is 7.85. The van der Waals surface area contributed by atoms with E-state index in [1.54, 1.807) is 67.0 Å². The van der Waals surface area contributed by atoms with Crippen molar-refractivity contribution in [3.63, 3.8) is 0 Å². The Morgan fingerprint density at radius 2 is 0.903 bits per heavy atom. The van der Waals surface area contributed by atoms with Gasteiger partial charge in [-0.3, -0.25) is 49.4 Å². The van der Waals surface area contributed by atoms with E-state index in [4.69, 9.17) is 44.7 Å². The second kappa shape index (κ2) is 69.2. The van der Waals surface area contributed by atoms with Crippen molar-refractivity contribution in [1.29, 1.82) is 0 Å². The van der Waals surface area contributed by atoms with E-state index in [0.29, 0.717) is 108 Å². The van der Waals surface area contributed by atoms with Gasteiger partial charge in [0.15, 0.2) is 0 Å². The minimum absolute atomic E-state index is 0.0548. The molecule has 0 saturated carbocycles. The molecule has 1 fully saturated rings. The number of rotatable bonds is 33. The van der Waals surface area contributed by atoms with Gasteiger partial charge in [0.25, 0.3) is 5.91 Å². The van der Waals surface area contributed by atoms with Crippen LogP contribution in [0.4, 0.5) is 0 Å². The van der Waals surface area contributed by atoms with E-state index in [1.165, 1.54) is 12.5 Å². The van der Waals surface area contributed by atoms with Crippen LogP contribution in [0.2, 0.25) is 0 Å². The van der Waals surface area contributed by atoms with E-state index in [2.05, 4.69) is 135 Å². The van der Waals surface area contributed by atoms with Crippen molar-refractivity contribution < 1.29 is 153 Å². The molecule has 46 heteroatoms. The Bertz CT molecular complexity index is 4130. The summed E-state index contributed by atoms with van der Waals surface area (Å²) in [5.74, 6) is -11.6. The van der Waals surface area contributed by atoms with Crippen LogP contribution in [0, 0.1) is 39.4 Å². The molecule has 7 amide bonds. The Morgan fingerprint density at radius 1 is 0.514 bits per heavy atom. The van der Waals surface area contributed by atoms with Crippen LogP contribution in [0.5, 0.6) is 0 Å². The highest BCUT2D eigenvalue weighted by Crippen LogP contribution is 2.23. The summed E-state index contributed by atoms with van der Waals surface area (Å²) in [6.07, 6.45) is 6.32. The van der Waals surface area contributed by atoms with E-state index in [1.807, 2.05) is 124 Å². The number of aromatic amines is 1. The molecular formula is C98H191N18O27S-. The van der Waals surface area contributed by atoms with Crippen LogP contribution >= 0.6 is 0 Å². The third-order valence-electron chi connectivity index (χ3n) is 19.2. The van der Waals surface area contributed by atoms with Gasteiger partial charge in [-0.2, -0.15) is 0 Å². The van der Waals surface area contributed by atoms with Gasteiger partial charge in [0.05, 0.1) is 235 Å². The minimum Gasteiger partial charge on any atom is -0.748 e. The molecule has 4 unspecified atom stereocenters. The number of quaternary nitrogens is 4. The number of carbonyl (C=O) groups is 12. The summed E-state index contributed by atoms with van der Waals surface area (Å²) < 4.78 is 69.2. The normalized spacial score (nSPS) is 14.8. The number of ether oxygens (including phenoxy) is 6. The zero-order chi connectivity index (χ0) is 114. The molecule has 144 heavy (non-hydrogen) atoms. The maximum absolute atomic E-state index is 12.1. The summed E-state index contributed by atoms with van der Waals surface area (Å²) in [5, 5.41) is 93.3. The lowest BCUT2D eigenvalue weighted by atomic mass is 9.90. The molecule has 3 rings (SSSR count). The molecule has 45 nitrogen and oxygen atoms in total. The lowest BCUT2D eigenvalue weighted by Gasteiger charge is -2.42. The number of hydrogen-bond acceptors (Lipinski definition) is 30. The molecule has 13 N–H and O–H groups in total. The fourth-order valence-electron chi connectivity index (χ4n) is 10.9. The van der Waals surface area contributed by atoms with Crippen molar-refractivity contribution in [3.05, 3.63) is 30.1 Å². The number of H-pyrrole nitrogens is 1. The fourth-order valence-corrected chi connectivity index (χ4v) is 11.4. The SMILES string of the molecule is CC(C)(C)C(=O)NC(N)=[NH2+].CC(C)(C)C(=O)NCC[N+](C)(C)C.CC(C)(C)C(=O)NCCn1cc(C[N+](C)(C)C)nn1.CC(C)(C)CCC[N+](C)(C)CCCS(=O)(=O)[O-].CC(C)(C)NC(=O)CC(CC(=O)[O-])C(=O)[O-].CC(C)(C)NC(=O)CC(CO)C(=O)[O-].CC(C)(C)NC(=O)CC(Cc1cnc[nH]1)C(=O)[O-].CC(C)(C)NC(=O)CC1COCCOCCOCCOCCOCCO1.CC(C)(C)[N+](C)(C)CC(=O)[O-]. The number of carboxylic acid groups (broad SMARTS) is 5. The first-order valence-electron chi connectivity index (χ1n) is 48.4. The minimum atomic E-state index is -4.05. The number of aliphatic hydroxyl groups excluding tert-OH is 1. The summed E-state index contributed by atoms with van der Waals surface area (Å²) >= 11 is 0. The van der Waals surface area contributed by atoms with Crippen LogP contribution in [0.1, 0.15) is 250 Å². The number of nitrogens with one attached hydrogen (secondary N) is 8. The summed E-state index contributed by atoms with van der Waals surface area (Å²) in [7, 11) is 16.6. The molecule has 0 aliphatic carbocycles. The zero-order valence-corrected chi connectivity index (χ0v) is 95.3. The van der Waals surface area contributed by atoms with Crippen LogP contribution in [0.25, 0.3) is 0 Å². The molecule has 4 atom stereocenters. The number of imidazole rings is 1. The largest absolute Gasteiger partial charge is 0.748 e. The third-order valence-corrected chi connectivity index (χ3v) is 20.0. The van der Waals surface area contributed by atoms with Gasteiger partial charge in [-0.05, 0) is 156 Å². The van der Waals surface area contributed by atoms with E-state index >= 15 is 0 Å². The summed E-state index contributed by atoms with van der Waals surface area (Å²) in [4.78, 5) is 140. The van der Waals surface area contributed by atoms with Crippen LogP contribution in [0.3, 0.4) is 0 Å². The van der Waals surface area contributed by atoms with Gasteiger partial charge in [0.2, 0.25) is 35.4 Å². The van der Waals surface area contributed by atoms with E-state index in [9.17, 15) is 96.0 Å². The Balaban J connectivity index is -0.000000377. The van der Waals surface area contributed by atoms with Crippen LogP contribution in [0.15, 0.2) is 18.7 Å². The first kappa shape index (κ1) is 146. The average Bonchev–Trinajstić information content (AvgIpc) is 1.02. The standard InChI is InChI=1S/C18H35NO7.C13H25N5O.C12H19N3O3.C12H27NO3S.C10H22N2O.C10H17NO5.C9H17NO4.C8H17NO2.C6H13N3O/c1-18(2,3)19-17(20)14-16-15-25-11-10-23-7-6-21-4-5-22-8-9-24-12-13-26-16;1-13(2,3)12(19)14-7-8-17-9-11(15-16-17)10-18(4,5)6;1-12(2,3)15-10(16)5-8(11(17)18)4-9-6-13-7-14-9;1-12(2,3)8-6-9-13(4,5)10-7-11-17(14,15)16;1-10(2,3)9(13)11-7-8-12(4,5)6;1-10(2,3)11-7(12)4-6(9(15)16)5-8(13)14;1-9(2,3)10-7(12)4-6(5-11)8(13)14;1-8(2,3)9(4,5)6-7(10)11;1-6(2,3)4(10)9-5(7)8/h16H,4-15H2,1-3H3,(H,19,20);9H,7-8,10H2,1-6H3;6-8H,4-5H2,1-3H3,(H,13,14)(H,15,16)(H,17,18);6-11H2,1-5H3;7-8H2,1-6H3;6H,4-5H2,1-3H3,(H,11,12)(H,13,14)(H,15,16);6,11H,4-5H2,1-3H3,(H,10,12)(H,13,14);6H2,1-5H3;1-3H3,(H4,7,8,9,10)/p-1. The topological polar surface area (TPSA) is 648 Å². The van der Waals surface area contributed by atoms with Gasteiger partial charge in [-0.15, -0.1) is 5.10 Å². The molecule has 0 radical (unpaired) electrons.